The maximum atomic E-state index is 14.2. The first kappa shape index (κ1) is 146. The predicted octanol–water partition coefficient (Wildman–Crippen LogP) is 28.3. The molecular formula is C112H216N8O24P4. The summed E-state index contributed by atoms with van der Waals surface area (Å²) < 4.78 is 115. The summed E-state index contributed by atoms with van der Waals surface area (Å²) in [4.78, 5) is 105. The van der Waals surface area contributed by atoms with Crippen LogP contribution in [-0.2, 0) is 102 Å². The maximum absolute atomic E-state index is 14.2. The van der Waals surface area contributed by atoms with Crippen LogP contribution < -0.4 is 31.9 Å². The van der Waals surface area contributed by atoms with Crippen molar-refractivity contribution in [2.45, 2.75) is 505 Å². The second-order valence-electron chi connectivity index (χ2n) is 39.8. The van der Waals surface area contributed by atoms with Gasteiger partial charge in [0.15, 0.2) is 0 Å². The minimum atomic E-state index is -4.42. The van der Waals surface area contributed by atoms with Crippen LogP contribution in [0.1, 0.15) is 456 Å². The molecule has 6 amide bonds. The average Bonchev–Trinajstić information content (AvgIpc) is 0.878. The van der Waals surface area contributed by atoms with Crippen molar-refractivity contribution in [2.24, 2.45) is 0 Å². The highest BCUT2D eigenvalue weighted by atomic mass is 31.2. The molecule has 0 aromatic carbocycles. The van der Waals surface area contributed by atoms with E-state index in [1.54, 1.807) is 12.2 Å². The van der Waals surface area contributed by atoms with Gasteiger partial charge in [0, 0.05) is 88.9 Å². The first-order chi connectivity index (χ1) is 71.5. The fraction of sp³-hybridized carbons (Fsp3) is 0.857. The number of rotatable bonds is 110. The van der Waals surface area contributed by atoms with Gasteiger partial charge in [-0.05, 0) is 107 Å². The Labute approximate surface area is 902 Å². The third-order valence-corrected chi connectivity index (χ3v) is 31.3. The van der Waals surface area contributed by atoms with Crippen LogP contribution in [0.5, 0.6) is 0 Å². The van der Waals surface area contributed by atoms with E-state index in [9.17, 15) is 47.5 Å². The quantitative estimate of drug-likeness (QED) is 0.0108. The fourth-order valence-electron chi connectivity index (χ4n) is 16.4. The van der Waals surface area contributed by atoms with E-state index in [1.807, 2.05) is 0 Å². The molecule has 0 fully saturated rings. The molecule has 0 aromatic heterocycles. The molecule has 148 heavy (non-hydrogen) atoms. The van der Waals surface area contributed by atoms with Crippen LogP contribution in [0.15, 0.2) is 50.6 Å². The highest BCUT2D eigenvalue weighted by molar-refractivity contribution is 7.48. The van der Waals surface area contributed by atoms with Crippen LogP contribution in [0, 0.1) is 0 Å². The third-order valence-electron chi connectivity index (χ3n) is 24.3. The average molecular weight is 2180 g/mol. The summed E-state index contributed by atoms with van der Waals surface area (Å²) >= 11 is 0. The molecule has 4 unspecified atom stereocenters. The molecule has 8 atom stereocenters. The van der Waals surface area contributed by atoms with Crippen molar-refractivity contribution in [2.75, 3.05) is 119 Å². The molecule has 0 aromatic rings. The molecule has 36 heteroatoms. The Balaban J connectivity index is 0. The number of hydrogen-bond acceptors (Lipinski definition) is 26. The Hall–Kier alpha value is -4.52. The highest BCUT2D eigenvalue weighted by Crippen LogP contribution is 2.51. The van der Waals surface area contributed by atoms with Crippen LogP contribution in [0.2, 0.25) is 0 Å². The standard InChI is InChI=1S/C89H168N4O19P2.C23H48N4O5P2/c1-9-17-23-29-33-37-41-47-51-57-81(94)73-85(96)92-79(75-103-69-63-83(59-53-45-27-21-13-5)111-87(98)61-55-49-43-39-35-31-25-19-11-3)77-109-113(101,105-67-15-7)107-71-65-90-89(100)91-66-72-108-114(102,106-68-16-8)110-78-80(93-86(97)74-82(95)58-52-48-42-38-34-30-24-18-10-2)76-104-70-64-84(60-54-46-28-22-14-6)112-88(99)62-56-50-44-40-36-32-26-20-12-4;1-11-15-29-33(26(19(3)4)20(5)6)31-17-13-24-23(28)25-14-18-32-34(30-16-12-2)27(21(7)8)22(9)10/h15-16,79-80,83-84H,7-14,17-78H2,1-6H3,(H,92,96)(H,93,97)(H2,90,91,100);11-12,19-22H,1-2,13-18H2,3-10H3,(H2,24,25,28)/t79-,80-,83+,84+,113?,114?;/m1./s1. The number of ether oxygens (including phenoxy) is 4. The number of Topliss-reactive ketones (excluding diaryl/α,β-unsaturated/α-hetero) is 2. The zero-order valence-electron chi connectivity index (χ0n) is 95.6. The first-order valence-corrected chi connectivity index (χ1v) is 63.1. The van der Waals surface area contributed by atoms with Crippen molar-refractivity contribution >= 4 is 80.1 Å². The van der Waals surface area contributed by atoms with E-state index in [0.717, 1.165) is 141 Å². The second-order valence-corrected chi connectivity index (χ2v) is 46.0. The number of ketones is 2. The Kier molecular flexibility index (Phi) is 102. The SMILES string of the molecule is C=CCOP(=O)(OCCNC(=O)NCCOP(=O)(OCC=C)OC[C@@H](COCC[C@H](CCCCCCC)OC(=O)CCCCCCCCCCC)NC(=O)CC(=O)CCCCCCCCCCC)OC[C@@H](COCC[C@H](CCCCCCC)OC(=O)CCCCCCCCCCC)NC(=O)CC(=O)CCCCCCCCCCC.C=CCOP(OCCNC(=O)NCCOP(OCC=C)N(C(C)C)C(C)C)N(C(C)C)C(C)C. The van der Waals surface area contributed by atoms with E-state index in [1.165, 1.54) is 153 Å². The van der Waals surface area contributed by atoms with Gasteiger partial charge in [0.05, 0.1) is 117 Å². The van der Waals surface area contributed by atoms with Gasteiger partial charge in [0.2, 0.25) is 11.8 Å². The van der Waals surface area contributed by atoms with Crippen LogP contribution in [0.3, 0.4) is 0 Å². The van der Waals surface area contributed by atoms with E-state index < -0.39 is 75.8 Å². The normalized spacial score (nSPS) is 13.6. The molecule has 0 saturated carbocycles. The molecule has 0 aliphatic rings. The Bertz CT molecular complexity index is 3120. The number of hydrogen-bond donors (Lipinski definition) is 6. The van der Waals surface area contributed by atoms with Crippen LogP contribution >= 0.6 is 32.7 Å². The predicted molar refractivity (Wildman–Crippen MR) is 604 cm³/mol. The van der Waals surface area contributed by atoms with E-state index >= 15 is 0 Å². The lowest BCUT2D eigenvalue weighted by Crippen LogP contribution is -2.42. The Morgan fingerprint density at radius 2 is 0.547 bits per heavy atom. The first-order valence-electron chi connectivity index (χ1n) is 57.9. The number of esters is 2. The van der Waals surface area contributed by atoms with Gasteiger partial charge in [-0.25, -0.2) is 28.1 Å². The van der Waals surface area contributed by atoms with Crippen molar-refractivity contribution in [1.82, 2.24) is 41.2 Å². The van der Waals surface area contributed by atoms with E-state index in [4.69, 9.17) is 64.2 Å². The molecular weight excluding hydrogens is 1970 g/mol. The molecule has 0 saturated heterocycles. The van der Waals surface area contributed by atoms with Gasteiger partial charge in [-0.1, -0.05) is 323 Å². The smallest absolute Gasteiger partial charge is 0.462 e. The number of nitrogens with one attached hydrogen (secondary N) is 6. The van der Waals surface area contributed by atoms with Crippen LogP contribution in [-0.4, -0.2) is 224 Å². The largest absolute Gasteiger partial charge is 0.475 e. The topological polar surface area (TPSA) is 379 Å². The molecule has 868 valence electrons. The number of phosphoric ester groups is 2. The fourth-order valence-corrected chi connectivity index (χ4v) is 21.9. The molecule has 0 rings (SSSR count). The van der Waals surface area contributed by atoms with Gasteiger partial charge in [-0.3, -0.25) is 55.9 Å². The summed E-state index contributed by atoms with van der Waals surface area (Å²) in [7, 11) is -11.3. The summed E-state index contributed by atoms with van der Waals surface area (Å²) in [5, 5.41) is 16.5. The lowest BCUT2D eigenvalue weighted by Gasteiger charge is -2.35. The van der Waals surface area contributed by atoms with E-state index in [2.05, 4.69) is 164 Å². The Morgan fingerprint density at radius 1 is 0.291 bits per heavy atom. The van der Waals surface area contributed by atoms with Crippen molar-refractivity contribution in [3.05, 3.63) is 50.6 Å². The van der Waals surface area contributed by atoms with E-state index in [0.29, 0.717) is 90.9 Å². The van der Waals surface area contributed by atoms with E-state index in [-0.39, 0.29) is 158 Å². The van der Waals surface area contributed by atoms with Crippen molar-refractivity contribution in [1.29, 1.82) is 0 Å². The molecule has 0 aliphatic carbocycles. The molecule has 6 N–H and O–H groups in total. The third kappa shape index (κ3) is 90.7. The summed E-state index contributed by atoms with van der Waals surface area (Å²) in [6.45, 7) is 44.8. The number of carbonyl (C=O) groups is 8. The van der Waals surface area contributed by atoms with Crippen LogP contribution in [0.25, 0.3) is 0 Å². The van der Waals surface area contributed by atoms with Crippen molar-refractivity contribution in [3.63, 3.8) is 0 Å². The maximum Gasteiger partial charge on any atom is 0.475 e. The number of carbonyl (C=O) groups excluding carboxylic acids is 8. The van der Waals surface area contributed by atoms with Gasteiger partial charge in [-0.15, -0.1) is 26.3 Å². The van der Waals surface area contributed by atoms with Crippen LogP contribution in [0.4, 0.5) is 9.59 Å². The molecule has 0 spiro atoms. The van der Waals surface area contributed by atoms with Gasteiger partial charge in [0.25, 0.3) is 17.1 Å². The number of urea groups is 2. The molecule has 0 radical (unpaired) electrons. The van der Waals surface area contributed by atoms with Gasteiger partial charge in [-0.2, -0.15) is 0 Å². The zero-order valence-corrected chi connectivity index (χ0v) is 99.1. The summed E-state index contributed by atoms with van der Waals surface area (Å²) in [6.07, 6.45) is 58.9. The monoisotopic (exact) mass is 2180 g/mol. The van der Waals surface area contributed by atoms with Gasteiger partial charge < -0.3 is 68.9 Å². The lowest BCUT2D eigenvalue weighted by molar-refractivity contribution is -0.151. The highest BCUT2D eigenvalue weighted by Gasteiger charge is 2.34. The number of phosphoric acid groups is 2. The van der Waals surface area contributed by atoms with Gasteiger partial charge in [0.1, 0.15) is 23.8 Å². The molecule has 0 bridgehead atoms. The number of unbranched alkanes of at least 4 members (excludes halogenated alkanes) is 40. The second kappa shape index (κ2) is 104. The molecule has 32 nitrogen and oxygen atoms in total. The minimum absolute atomic E-state index is 0.111. The van der Waals surface area contributed by atoms with Gasteiger partial charge >= 0.3 is 39.6 Å². The number of nitrogens with zero attached hydrogens (tertiary/aromatic N) is 2. The summed E-state index contributed by atoms with van der Waals surface area (Å²) in [5.41, 5.74) is 0. The zero-order chi connectivity index (χ0) is 110. The molecule has 0 heterocycles. The molecule has 0 aliphatic heterocycles. The summed E-state index contributed by atoms with van der Waals surface area (Å²) in [5.74, 6) is -1.93. The minimum Gasteiger partial charge on any atom is -0.462 e. The van der Waals surface area contributed by atoms with Crippen molar-refractivity contribution in [3.8, 4) is 0 Å². The Morgan fingerprint density at radius 3 is 0.818 bits per heavy atom. The summed E-state index contributed by atoms with van der Waals surface area (Å²) in [6, 6.07) is -1.72. The number of amides is 6. The lowest BCUT2D eigenvalue weighted by atomic mass is 10.0. The van der Waals surface area contributed by atoms with Crippen molar-refractivity contribution < 1.29 is 112 Å².